The van der Waals surface area contributed by atoms with E-state index in [0.29, 0.717) is 11.3 Å². The fraction of sp³-hybridized carbons (Fsp3) is 0.812. The van der Waals surface area contributed by atoms with Crippen LogP contribution in [0.1, 0.15) is 38.5 Å². The predicted molar refractivity (Wildman–Crippen MR) is 71.7 cm³/mol. The van der Waals surface area contributed by atoms with Crippen molar-refractivity contribution >= 4 is 0 Å². The van der Waals surface area contributed by atoms with Gasteiger partial charge in [0, 0.05) is 13.0 Å². The summed E-state index contributed by atoms with van der Waals surface area (Å²) in [5, 5.41) is 12.6. The Morgan fingerprint density at radius 1 is 1.16 bits per heavy atom. The first-order valence-corrected chi connectivity index (χ1v) is 7.69. The highest BCUT2D eigenvalue weighted by Gasteiger charge is 2.56. The van der Waals surface area contributed by atoms with Crippen LogP contribution in [0.3, 0.4) is 0 Å². The van der Waals surface area contributed by atoms with Gasteiger partial charge in [-0.3, -0.25) is 0 Å². The van der Waals surface area contributed by atoms with Crippen molar-refractivity contribution in [3.05, 3.63) is 11.5 Å². The Balaban J connectivity index is 1.69. The number of rotatable bonds is 2. The van der Waals surface area contributed by atoms with Crippen molar-refractivity contribution < 1.29 is 4.74 Å². The van der Waals surface area contributed by atoms with Crippen molar-refractivity contribution in [2.75, 3.05) is 13.7 Å². The molecule has 4 aliphatic carbocycles. The molecule has 0 radical (unpaired) electrons. The van der Waals surface area contributed by atoms with E-state index < -0.39 is 0 Å². The second-order valence-corrected chi connectivity index (χ2v) is 7.25. The summed E-state index contributed by atoms with van der Waals surface area (Å²) in [6, 6.07) is 2.43. The maximum Gasteiger partial charge on any atom is 0.200 e. The minimum Gasteiger partial charge on any atom is -0.478 e. The van der Waals surface area contributed by atoms with Crippen LogP contribution in [0, 0.1) is 40.4 Å². The van der Waals surface area contributed by atoms with E-state index in [0.717, 1.165) is 35.8 Å². The van der Waals surface area contributed by atoms with Gasteiger partial charge in [-0.2, -0.15) is 5.26 Å². The van der Waals surface area contributed by atoms with E-state index in [2.05, 4.69) is 11.4 Å². The Morgan fingerprint density at radius 2 is 1.74 bits per heavy atom. The van der Waals surface area contributed by atoms with Gasteiger partial charge in [0.1, 0.15) is 6.07 Å². The summed E-state index contributed by atoms with van der Waals surface area (Å²) in [7, 11) is 1.86. The molecule has 0 aromatic carbocycles. The highest BCUT2D eigenvalue weighted by atomic mass is 16.5. The summed E-state index contributed by atoms with van der Waals surface area (Å²) in [5.41, 5.74) is 1.28. The number of nitrogens with zero attached hydrogens (tertiary/aromatic N) is 1. The Hall–Kier alpha value is -1.17. The molecule has 1 N–H and O–H groups in total. The Labute approximate surface area is 115 Å². The zero-order valence-corrected chi connectivity index (χ0v) is 11.6. The van der Waals surface area contributed by atoms with E-state index in [1.807, 2.05) is 7.05 Å². The fourth-order valence-electron chi connectivity index (χ4n) is 5.91. The van der Waals surface area contributed by atoms with Gasteiger partial charge in [-0.1, -0.05) is 0 Å². The lowest BCUT2D eigenvalue weighted by Gasteiger charge is -2.58. The first-order valence-electron chi connectivity index (χ1n) is 7.69. The summed E-state index contributed by atoms with van der Waals surface area (Å²) in [6.07, 6.45) is 8.39. The van der Waals surface area contributed by atoms with Crippen LogP contribution in [0.4, 0.5) is 0 Å². The van der Waals surface area contributed by atoms with Gasteiger partial charge in [0.2, 0.25) is 5.88 Å². The highest BCUT2D eigenvalue weighted by Crippen LogP contribution is 2.64. The van der Waals surface area contributed by atoms with Gasteiger partial charge in [-0.25, -0.2) is 0 Å². The third-order valence-corrected chi connectivity index (χ3v) is 6.16. The normalized spacial score (nSPS) is 47.2. The van der Waals surface area contributed by atoms with E-state index in [1.165, 1.54) is 38.5 Å². The Morgan fingerprint density at radius 3 is 2.21 bits per heavy atom. The van der Waals surface area contributed by atoms with Crippen molar-refractivity contribution in [2.24, 2.45) is 29.1 Å². The van der Waals surface area contributed by atoms with E-state index in [9.17, 15) is 5.26 Å². The van der Waals surface area contributed by atoms with Crippen molar-refractivity contribution in [3.8, 4) is 6.07 Å². The van der Waals surface area contributed by atoms with E-state index >= 15 is 0 Å². The topological polar surface area (TPSA) is 45.0 Å². The minimum absolute atomic E-state index is 0.355. The molecule has 1 heterocycles. The minimum atomic E-state index is 0.355. The van der Waals surface area contributed by atoms with Crippen molar-refractivity contribution in [3.63, 3.8) is 0 Å². The lowest BCUT2D eigenvalue weighted by Crippen LogP contribution is -2.50. The summed E-state index contributed by atoms with van der Waals surface area (Å²) in [6.45, 7) is 0.727. The number of hydrogen-bond acceptors (Lipinski definition) is 3. The zero-order valence-electron chi connectivity index (χ0n) is 11.6. The molecule has 1 unspecified atom stereocenters. The molecule has 102 valence electrons. The van der Waals surface area contributed by atoms with Gasteiger partial charge in [-0.15, -0.1) is 0 Å². The Bertz CT molecular complexity index is 438. The molecule has 3 nitrogen and oxygen atoms in total. The van der Waals surface area contributed by atoms with Crippen LogP contribution in [0.2, 0.25) is 0 Å². The molecule has 3 heteroatoms. The highest BCUT2D eigenvalue weighted by molar-refractivity contribution is 5.33. The first kappa shape index (κ1) is 11.6. The summed E-state index contributed by atoms with van der Waals surface area (Å²) in [5.74, 6) is 3.90. The molecule has 0 aromatic rings. The maximum absolute atomic E-state index is 9.51. The molecule has 5 aliphatic rings. The lowest BCUT2D eigenvalue weighted by molar-refractivity contribution is -0.0831. The third kappa shape index (κ3) is 1.55. The predicted octanol–water partition coefficient (Wildman–Crippen LogP) is 2.80. The number of nitrogens with one attached hydrogen (secondary N) is 1. The van der Waals surface area contributed by atoms with Crippen molar-refractivity contribution in [1.82, 2.24) is 5.32 Å². The second-order valence-electron chi connectivity index (χ2n) is 7.25. The largest absolute Gasteiger partial charge is 0.478 e. The van der Waals surface area contributed by atoms with Crippen LogP contribution in [0.5, 0.6) is 0 Å². The smallest absolute Gasteiger partial charge is 0.200 e. The SMILES string of the molecule is CNC1=C(C#N)C(C23CC4CC(CC(C4)C2)C3)CO1. The van der Waals surface area contributed by atoms with Crippen molar-refractivity contribution in [2.45, 2.75) is 38.5 Å². The Kier molecular flexibility index (Phi) is 2.40. The van der Waals surface area contributed by atoms with Gasteiger partial charge in [0.25, 0.3) is 0 Å². The standard InChI is InChI=1S/C16H22N2O/c1-18-15-13(8-17)14(9-19-15)16-5-10-2-11(6-16)4-12(3-10)7-16/h10-12,14,18H,2-7,9H2,1H3. The molecule has 0 aromatic heterocycles. The van der Waals surface area contributed by atoms with Crippen LogP contribution in [0.25, 0.3) is 0 Å². The quantitative estimate of drug-likeness (QED) is 0.828. The fourth-order valence-corrected chi connectivity index (χ4v) is 5.91. The number of hydrogen-bond donors (Lipinski definition) is 1. The van der Waals surface area contributed by atoms with Crippen LogP contribution in [-0.4, -0.2) is 13.7 Å². The van der Waals surface area contributed by atoms with Crippen LogP contribution >= 0.6 is 0 Å². The summed E-state index contributed by atoms with van der Waals surface area (Å²) >= 11 is 0. The average molecular weight is 258 g/mol. The molecule has 4 bridgehead atoms. The van der Waals surface area contributed by atoms with Gasteiger partial charge in [0.15, 0.2) is 0 Å². The third-order valence-electron chi connectivity index (χ3n) is 6.16. The van der Waals surface area contributed by atoms with E-state index in [4.69, 9.17) is 4.74 Å². The molecule has 0 spiro atoms. The number of ether oxygens (including phenoxy) is 1. The average Bonchev–Trinajstić information content (AvgIpc) is 2.80. The maximum atomic E-state index is 9.51. The van der Waals surface area contributed by atoms with Gasteiger partial charge in [-0.05, 0) is 61.7 Å². The zero-order chi connectivity index (χ0) is 13.0. The molecule has 0 saturated heterocycles. The van der Waals surface area contributed by atoms with Crippen LogP contribution in [0.15, 0.2) is 11.5 Å². The monoisotopic (exact) mass is 258 g/mol. The molecular formula is C16H22N2O. The lowest BCUT2D eigenvalue weighted by atomic mass is 9.46. The molecule has 4 saturated carbocycles. The molecule has 5 rings (SSSR count). The van der Waals surface area contributed by atoms with Gasteiger partial charge in [0.05, 0.1) is 12.2 Å². The van der Waals surface area contributed by atoms with Crippen LogP contribution in [-0.2, 0) is 4.74 Å². The molecule has 0 amide bonds. The molecular weight excluding hydrogens is 236 g/mol. The van der Waals surface area contributed by atoms with Gasteiger partial charge < -0.3 is 10.1 Å². The van der Waals surface area contributed by atoms with Crippen LogP contribution < -0.4 is 5.32 Å². The molecule has 1 aliphatic heterocycles. The number of nitriles is 1. The molecule has 1 atom stereocenters. The first-order chi connectivity index (χ1) is 9.24. The molecule has 19 heavy (non-hydrogen) atoms. The van der Waals surface area contributed by atoms with E-state index in [1.54, 1.807) is 0 Å². The van der Waals surface area contributed by atoms with Gasteiger partial charge >= 0.3 is 0 Å². The van der Waals surface area contributed by atoms with E-state index in [-0.39, 0.29) is 0 Å². The second kappa shape index (κ2) is 3.91. The summed E-state index contributed by atoms with van der Waals surface area (Å²) in [4.78, 5) is 0. The molecule has 4 fully saturated rings. The summed E-state index contributed by atoms with van der Waals surface area (Å²) < 4.78 is 5.75. The van der Waals surface area contributed by atoms with Crippen molar-refractivity contribution in [1.29, 1.82) is 5.26 Å².